The van der Waals surface area contributed by atoms with E-state index >= 15 is 0 Å². The molecule has 4 nitrogen and oxygen atoms in total. The monoisotopic (exact) mass is 366 g/mol. The van der Waals surface area contributed by atoms with Crippen LogP contribution in [-0.2, 0) is 27.8 Å². The number of carbonyl (C=O) groups excluding carboxylic acids is 1. The molecule has 0 spiro atoms. The van der Waals surface area contributed by atoms with E-state index in [-0.39, 0.29) is 18.3 Å². The molecule has 2 rings (SSSR count). The third-order valence-electron chi connectivity index (χ3n) is 3.50. The number of nitrogens with one attached hydrogen (secondary N) is 1. The molecule has 0 aromatic heterocycles. The topological polar surface area (TPSA) is 72.2 Å². The molecule has 3 N–H and O–H groups in total. The van der Waals surface area contributed by atoms with E-state index in [0.717, 1.165) is 11.1 Å². The maximum absolute atomic E-state index is 12.0. The van der Waals surface area contributed by atoms with Crippen LogP contribution in [0, 0.1) is 0 Å². The summed E-state index contributed by atoms with van der Waals surface area (Å²) in [4.78, 5) is 11.8. The quantitative estimate of drug-likeness (QED) is 0.705. The number of aryl methyl sites for hydroxylation is 1. The molecule has 2 aromatic carbocycles. The molecular formula is C18H23ClN2O2S. The van der Waals surface area contributed by atoms with Crippen molar-refractivity contribution in [2.24, 2.45) is 0 Å². The molecule has 0 saturated carbocycles. The Labute approximate surface area is 151 Å². The number of nitrogens with two attached hydrogens (primary N) is 1. The van der Waals surface area contributed by atoms with Crippen molar-refractivity contribution in [2.75, 3.05) is 18.0 Å². The summed E-state index contributed by atoms with van der Waals surface area (Å²) in [5.41, 5.74) is 8.59. The zero-order valence-corrected chi connectivity index (χ0v) is 15.1. The highest BCUT2D eigenvalue weighted by molar-refractivity contribution is 7.84. The van der Waals surface area contributed by atoms with Gasteiger partial charge in [-0.2, -0.15) is 0 Å². The minimum Gasteiger partial charge on any atom is -0.399 e. The zero-order chi connectivity index (χ0) is 16.5. The highest BCUT2D eigenvalue weighted by Crippen LogP contribution is 2.12. The Morgan fingerprint density at radius 1 is 1.04 bits per heavy atom. The van der Waals surface area contributed by atoms with Crippen LogP contribution in [0.3, 0.4) is 0 Å². The first-order valence-corrected chi connectivity index (χ1v) is 9.13. The molecule has 0 saturated heterocycles. The summed E-state index contributed by atoms with van der Waals surface area (Å²) >= 11 is 0. The first-order chi connectivity index (χ1) is 11.1. The molecular weight excluding hydrogens is 344 g/mol. The van der Waals surface area contributed by atoms with Crippen molar-refractivity contribution in [3.8, 4) is 0 Å². The molecule has 1 unspecified atom stereocenters. The van der Waals surface area contributed by atoms with Crippen molar-refractivity contribution >= 4 is 34.8 Å². The number of anilines is 1. The molecule has 0 aliphatic carbocycles. The van der Waals surface area contributed by atoms with Crippen molar-refractivity contribution in [3.63, 3.8) is 0 Å². The van der Waals surface area contributed by atoms with Gasteiger partial charge in [0.25, 0.3) is 0 Å². The zero-order valence-electron chi connectivity index (χ0n) is 13.4. The minimum absolute atomic E-state index is 0. The van der Waals surface area contributed by atoms with Crippen molar-refractivity contribution < 1.29 is 9.00 Å². The first kappa shape index (κ1) is 20.2. The van der Waals surface area contributed by atoms with Gasteiger partial charge in [-0.25, -0.2) is 0 Å². The summed E-state index contributed by atoms with van der Waals surface area (Å²) in [5, 5.41) is 2.82. The Balaban J connectivity index is 0.00000288. The van der Waals surface area contributed by atoms with Gasteiger partial charge < -0.3 is 11.1 Å². The second-order valence-electron chi connectivity index (χ2n) is 5.32. The summed E-state index contributed by atoms with van der Waals surface area (Å²) < 4.78 is 12.0. The van der Waals surface area contributed by atoms with E-state index in [1.165, 1.54) is 0 Å². The van der Waals surface area contributed by atoms with Gasteiger partial charge in [-0.05, 0) is 23.6 Å². The average molecular weight is 367 g/mol. The van der Waals surface area contributed by atoms with Crippen LogP contribution in [0.25, 0.3) is 0 Å². The summed E-state index contributed by atoms with van der Waals surface area (Å²) in [6.45, 7) is 0.433. The fourth-order valence-electron chi connectivity index (χ4n) is 2.24. The van der Waals surface area contributed by atoms with Gasteiger partial charge in [0.15, 0.2) is 0 Å². The lowest BCUT2D eigenvalue weighted by molar-refractivity contribution is -0.120. The number of amides is 1. The molecule has 1 amide bonds. The summed E-state index contributed by atoms with van der Waals surface area (Å²) in [6.07, 6.45) is 1.01. The Bertz CT molecular complexity index is 665. The first-order valence-electron chi connectivity index (χ1n) is 7.64. The predicted octanol–water partition coefficient (Wildman–Crippen LogP) is 2.69. The van der Waals surface area contributed by atoms with E-state index in [1.807, 2.05) is 54.6 Å². The number of rotatable bonds is 8. The van der Waals surface area contributed by atoms with Crippen LogP contribution >= 0.6 is 12.4 Å². The largest absolute Gasteiger partial charge is 0.399 e. The van der Waals surface area contributed by atoms with Crippen molar-refractivity contribution in [3.05, 3.63) is 65.7 Å². The number of benzene rings is 2. The van der Waals surface area contributed by atoms with E-state index in [0.29, 0.717) is 36.6 Å². The second-order valence-corrected chi connectivity index (χ2v) is 6.90. The Morgan fingerprint density at radius 3 is 2.42 bits per heavy atom. The molecule has 2 aromatic rings. The Kier molecular flexibility index (Phi) is 9.12. The lowest BCUT2D eigenvalue weighted by Crippen LogP contribution is -2.28. The third kappa shape index (κ3) is 7.15. The van der Waals surface area contributed by atoms with Gasteiger partial charge in [-0.15, -0.1) is 12.4 Å². The molecule has 0 bridgehead atoms. The van der Waals surface area contributed by atoms with Crippen molar-refractivity contribution in [2.45, 2.75) is 18.6 Å². The van der Waals surface area contributed by atoms with E-state index in [1.54, 1.807) is 0 Å². The number of hydrogen-bond acceptors (Lipinski definition) is 3. The average Bonchev–Trinajstić information content (AvgIpc) is 2.55. The number of carbonyl (C=O) groups is 1. The van der Waals surface area contributed by atoms with Gasteiger partial charge in [0.05, 0.1) is 0 Å². The summed E-state index contributed by atoms with van der Waals surface area (Å²) in [7, 11) is -0.966. The Morgan fingerprint density at radius 2 is 1.71 bits per heavy atom. The van der Waals surface area contributed by atoms with Crippen LogP contribution < -0.4 is 11.1 Å². The number of nitrogen functional groups attached to an aromatic ring is 1. The van der Waals surface area contributed by atoms with Gasteiger partial charge in [0, 0.05) is 41.0 Å². The van der Waals surface area contributed by atoms with E-state index in [2.05, 4.69) is 5.32 Å². The van der Waals surface area contributed by atoms with Crippen molar-refractivity contribution in [1.82, 2.24) is 5.32 Å². The van der Waals surface area contributed by atoms with Crippen molar-refractivity contribution in [1.29, 1.82) is 0 Å². The second kappa shape index (κ2) is 10.8. The van der Waals surface area contributed by atoms with Crippen LogP contribution in [0.15, 0.2) is 54.6 Å². The van der Waals surface area contributed by atoms with Crippen LogP contribution in [0.1, 0.15) is 17.5 Å². The Hall–Kier alpha value is -1.85. The molecule has 130 valence electrons. The van der Waals surface area contributed by atoms with Gasteiger partial charge in [-0.1, -0.05) is 48.5 Å². The molecule has 0 aliphatic heterocycles. The fourth-order valence-corrected chi connectivity index (χ4v) is 3.27. The van der Waals surface area contributed by atoms with Crippen LogP contribution in [0.4, 0.5) is 5.69 Å². The lowest BCUT2D eigenvalue weighted by Gasteiger charge is -2.07. The lowest BCUT2D eigenvalue weighted by atomic mass is 10.1. The summed E-state index contributed by atoms with van der Waals surface area (Å²) in [5.74, 6) is 0.954. The standard InChI is InChI=1S/C18H22N2O2S.ClH/c19-17-9-5-4-8-16(17)10-11-18(21)20-12-13-23(22)14-15-6-2-1-3-7-15;/h1-9H,10-14,19H2,(H,20,21);1H. The molecule has 0 aliphatic rings. The fraction of sp³-hybridized carbons (Fsp3) is 0.278. The molecule has 0 radical (unpaired) electrons. The normalized spacial score (nSPS) is 11.3. The number of hydrogen-bond donors (Lipinski definition) is 2. The highest BCUT2D eigenvalue weighted by Gasteiger charge is 2.06. The molecule has 0 heterocycles. The molecule has 24 heavy (non-hydrogen) atoms. The van der Waals surface area contributed by atoms with Crippen LogP contribution in [-0.4, -0.2) is 22.4 Å². The van der Waals surface area contributed by atoms with Gasteiger partial charge >= 0.3 is 0 Å². The third-order valence-corrected chi connectivity index (χ3v) is 4.81. The maximum Gasteiger partial charge on any atom is 0.220 e. The van der Waals surface area contributed by atoms with E-state index < -0.39 is 10.8 Å². The van der Waals surface area contributed by atoms with Gasteiger partial charge in [-0.3, -0.25) is 9.00 Å². The number of para-hydroxylation sites is 1. The predicted molar refractivity (Wildman–Crippen MR) is 103 cm³/mol. The molecule has 6 heteroatoms. The van der Waals surface area contributed by atoms with E-state index in [9.17, 15) is 9.00 Å². The number of halogens is 1. The maximum atomic E-state index is 12.0. The van der Waals surface area contributed by atoms with Gasteiger partial charge in [0.1, 0.15) is 0 Å². The van der Waals surface area contributed by atoms with E-state index in [4.69, 9.17) is 5.73 Å². The SMILES string of the molecule is Cl.Nc1ccccc1CCC(=O)NCCS(=O)Cc1ccccc1. The van der Waals surface area contributed by atoms with Gasteiger partial charge in [0.2, 0.25) is 5.91 Å². The van der Waals surface area contributed by atoms with Crippen LogP contribution in [0.5, 0.6) is 0 Å². The molecule has 0 fully saturated rings. The molecule has 1 atom stereocenters. The smallest absolute Gasteiger partial charge is 0.220 e. The highest BCUT2D eigenvalue weighted by atomic mass is 35.5. The summed E-state index contributed by atoms with van der Waals surface area (Å²) in [6, 6.07) is 17.3. The minimum atomic E-state index is -0.966. The van der Waals surface area contributed by atoms with Crippen LogP contribution in [0.2, 0.25) is 0 Å².